The monoisotopic (exact) mass is 281 g/mol. The lowest BCUT2D eigenvalue weighted by Gasteiger charge is -2.36. The molecule has 0 radical (unpaired) electrons. The standard InChI is InChI=1S/C11H18F3N3S/c12-11(13,14)9(10(15)18)7-16-3-5-17(6-4-16)8-1-2-8/h8-9H,1-7H2,(H2,15,18). The lowest BCUT2D eigenvalue weighted by atomic mass is 10.1. The fourth-order valence-corrected chi connectivity index (χ4v) is 2.57. The average molecular weight is 281 g/mol. The molecule has 0 aromatic rings. The topological polar surface area (TPSA) is 32.5 Å². The zero-order valence-electron chi connectivity index (χ0n) is 10.1. The van der Waals surface area contributed by atoms with Gasteiger partial charge < -0.3 is 5.73 Å². The second-order valence-corrected chi connectivity index (χ2v) is 5.54. The van der Waals surface area contributed by atoms with Crippen molar-refractivity contribution in [1.29, 1.82) is 0 Å². The SMILES string of the molecule is NC(=S)C(CN1CCN(C2CC2)CC1)C(F)(F)F. The van der Waals surface area contributed by atoms with Crippen LogP contribution in [0.2, 0.25) is 0 Å². The molecule has 1 unspecified atom stereocenters. The summed E-state index contributed by atoms with van der Waals surface area (Å²) >= 11 is 4.53. The molecular formula is C11H18F3N3S. The molecule has 0 aromatic heterocycles. The molecule has 1 saturated heterocycles. The van der Waals surface area contributed by atoms with Gasteiger partial charge in [-0.2, -0.15) is 13.2 Å². The summed E-state index contributed by atoms with van der Waals surface area (Å²) in [6, 6.07) is 0.682. The second kappa shape index (κ2) is 5.30. The van der Waals surface area contributed by atoms with Gasteiger partial charge in [-0.05, 0) is 12.8 Å². The van der Waals surface area contributed by atoms with Crippen LogP contribution in [0.4, 0.5) is 13.2 Å². The van der Waals surface area contributed by atoms with E-state index in [2.05, 4.69) is 17.1 Å². The summed E-state index contributed by atoms with van der Waals surface area (Å²) in [6.07, 6.45) is -1.87. The third kappa shape index (κ3) is 3.55. The number of hydrogen-bond donors (Lipinski definition) is 1. The second-order valence-electron chi connectivity index (χ2n) is 5.06. The Kier molecular flexibility index (Phi) is 4.13. The van der Waals surface area contributed by atoms with Gasteiger partial charge in [0.25, 0.3) is 0 Å². The Morgan fingerprint density at radius 3 is 2.17 bits per heavy atom. The molecule has 2 N–H and O–H groups in total. The summed E-state index contributed by atoms with van der Waals surface area (Å²) in [6.45, 7) is 2.95. The third-order valence-electron chi connectivity index (χ3n) is 3.65. The largest absolute Gasteiger partial charge is 0.399 e. The van der Waals surface area contributed by atoms with E-state index >= 15 is 0 Å². The van der Waals surface area contributed by atoms with E-state index in [-0.39, 0.29) is 6.54 Å². The van der Waals surface area contributed by atoms with Gasteiger partial charge in [-0.1, -0.05) is 12.2 Å². The van der Waals surface area contributed by atoms with Crippen LogP contribution in [-0.4, -0.2) is 59.7 Å². The van der Waals surface area contributed by atoms with Crippen molar-refractivity contribution in [3.05, 3.63) is 0 Å². The van der Waals surface area contributed by atoms with Crippen molar-refractivity contribution in [3.63, 3.8) is 0 Å². The molecule has 2 aliphatic rings. The molecular weight excluding hydrogens is 263 g/mol. The van der Waals surface area contributed by atoms with Crippen molar-refractivity contribution in [1.82, 2.24) is 9.80 Å². The van der Waals surface area contributed by atoms with Crippen molar-refractivity contribution in [2.45, 2.75) is 25.1 Å². The van der Waals surface area contributed by atoms with E-state index in [1.807, 2.05) is 4.90 Å². The summed E-state index contributed by atoms with van der Waals surface area (Å²) in [7, 11) is 0. The maximum atomic E-state index is 12.7. The number of alkyl halides is 3. The van der Waals surface area contributed by atoms with Gasteiger partial charge in [-0.3, -0.25) is 9.80 Å². The maximum Gasteiger partial charge on any atom is 0.399 e. The Balaban J connectivity index is 1.83. The minimum atomic E-state index is -4.33. The molecule has 1 heterocycles. The van der Waals surface area contributed by atoms with Crippen molar-refractivity contribution in [3.8, 4) is 0 Å². The Morgan fingerprint density at radius 1 is 1.22 bits per heavy atom. The number of halogens is 3. The van der Waals surface area contributed by atoms with Gasteiger partial charge >= 0.3 is 6.18 Å². The van der Waals surface area contributed by atoms with E-state index in [1.165, 1.54) is 12.8 Å². The van der Waals surface area contributed by atoms with E-state index in [1.54, 1.807) is 0 Å². The van der Waals surface area contributed by atoms with Crippen molar-refractivity contribution >= 4 is 17.2 Å². The summed E-state index contributed by atoms with van der Waals surface area (Å²) in [5.74, 6) is -1.68. The highest BCUT2D eigenvalue weighted by Crippen LogP contribution is 2.30. The van der Waals surface area contributed by atoms with Crippen LogP contribution >= 0.6 is 12.2 Å². The molecule has 3 nitrogen and oxygen atoms in total. The number of thiocarbonyl (C=S) groups is 1. The summed E-state index contributed by atoms with van der Waals surface area (Å²) < 4.78 is 38.2. The van der Waals surface area contributed by atoms with E-state index in [0.29, 0.717) is 19.1 Å². The first kappa shape index (κ1) is 14.0. The highest BCUT2D eigenvalue weighted by molar-refractivity contribution is 7.80. The molecule has 104 valence electrons. The minimum Gasteiger partial charge on any atom is -0.393 e. The van der Waals surface area contributed by atoms with Crippen molar-refractivity contribution in [2.24, 2.45) is 11.7 Å². The zero-order chi connectivity index (χ0) is 13.3. The van der Waals surface area contributed by atoms with Crippen molar-refractivity contribution in [2.75, 3.05) is 32.7 Å². The van der Waals surface area contributed by atoms with E-state index in [4.69, 9.17) is 5.73 Å². The smallest absolute Gasteiger partial charge is 0.393 e. The van der Waals surface area contributed by atoms with Crippen LogP contribution in [0.1, 0.15) is 12.8 Å². The number of piperazine rings is 1. The molecule has 0 aromatic carbocycles. The van der Waals surface area contributed by atoms with Crippen LogP contribution in [0.5, 0.6) is 0 Å². The third-order valence-corrected chi connectivity index (χ3v) is 3.93. The highest BCUT2D eigenvalue weighted by Gasteiger charge is 2.43. The first-order valence-corrected chi connectivity index (χ1v) is 6.61. The summed E-state index contributed by atoms with van der Waals surface area (Å²) in [5, 5.41) is 0. The average Bonchev–Trinajstić information content (AvgIpc) is 3.08. The molecule has 0 spiro atoms. The minimum absolute atomic E-state index is 0.0999. The van der Waals surface area contributed by atoms with Crippen LogP contribution < -0.4 is 5.73 Å². The quantitative estimate of drug-likeness (QED) is 0.786. The fourth-order valence-electron chi connectivity index (χ4n) is 2.36. The lowest BCUT2D eigenvalue weighted by molar-refractivity contribution is -0.160. The maximum absolute atomic E-state index is 12.7. The van der Waals surface area contributed by atoms with Crippen LogP contribution in [0.25, 0.3) is 0 Å². The van der Waals surface area contributed by atoms with Gasteiger partial charge in [0.1, 0.15) is 5.92 Å². The molecule has 18 heavy (non-hydrogen) atoms. The number of rotatable bonds is 4. The first-order valence-electron chi connectivity index (χ1n) is 6.20. The molecule has 0 bridgehead atoms. The molecule has 1 aliphatic heterocycles. The van der Waals surface area contributed by atoms with Crippen molar-refractivity contribution < 1.29 is 13.2 Å². The Morgan fingerprint density at radius 2 is 1.78 bits per heavy atom. The molecule has 0 amide bonds. The highest BCUT2D eigenvalue weighted by atomic mass is 32.1. The van der Waals surface area contributed by atoms with Gasteiger partial charge in [0, 0.05) is 38.8 Å². The molecule has 2 rings (SSSR count). The Labute approximate surface area is 110 Å². The lowest BCUT2D eigenvalue weighted by Crippen LogP contribution is -2.51. The number of nitrogens with zero attached hydrogens (tertiary/aromatic N) is 2. The molecule has 2 fully saturated rings. The molecule has 1 atom stereocenters. The molecule has 7 heteroatoms. The van der Waals surface area contributed by atoms with Gasteiger partial charge in [0.2, 0.25) is 0 Å². The normalized spacial score (nSPS) is 25.1. The van der Waals surface area contributed by atoms with Crippen LogP contribution in [-0.2, 0) is 0 Å². The van der Waals surface area contributed by atoms with Gasteiger partial charge in [-0.15, -0.1) is 0 Å². The predicted molar refractivity (Wildman–Crippen MR) is 67.4 cm³/mol. The van der Waals surface area contributed by atoms with Gasteiger partial charge in [0.05, 0.1) is 4.99 Å². The van der Waals surface area contributed by atoms with Gasteiger partial charge in [-0.25, -0.2) is 0 Å². The van der Waals surface area contributed by atoms with E-state index < -0.39 is 17.1 Å². The van der Waals surface area contributed by atoms with E-state index in [9.17, 15) is 13.2 Å². The Hall–Kier alpha value is -0.400. The first-order chi connectivity index (χ1) is 8.38. The summed E-state index contributed by atoms with van der Waals surface area (Å²) in [4.78, 5) is 3.72. The molecule has 1 saturated carbocycles. The van der Waals surface area contributed by atoms with Crippen LogP contribution in [0.15, 0.2) is 0 Å². The van der Waals surface area contributed by atoms with E-state index in [0.717, 1.165) is 13.1 Å². The number of nitrogens with two attached hydrogens (primary N) is 1. The fraction of sp³-hybridized carbons (Fsp3) is 0.909. The molecule has 1 aliphatic carbocycles. The predicted octanol–water partition coefficient (Wildman–Crippen LogP) is 1.23. The van der Waals surface area contributed by atoms with Crippen LogP contribution in [0.3, 0.4) is 0 Å². The Bertz CT molecular complexity index is 309. The summed E-state index contributed by atoms with van der Waals surface area (Å²) in [5.41, 5.74) is 5.20. The van der Waals surface area contributed by atoms with Gasteiger partial charge in [0.15, 0.2) is 0 Å². The zero-order valence-corrected chi connectivity index (χ0v) is 10.9. The van der Waals surface area contributed by atoms with Crippen LogP contribution in [0, 0.1) is 5.92 Å². The number of hydrogen-bond acceptors (Lipinski definition) is 3.